The lowest BCUT2D eigenvalue weighted by molar-refractivity contribution is -0.131. The maximum atomic E-state index is 12.4. The van der Waals surface area contributed by atoms with Crippen LogP contribution in [-0.4, -0.2) is 63.0 Å². The van der Waals surface area contributed by atoms with Crippen molar-refractivity contribution in [1.29, 1.82) is 0 Å². The summed E-state index contributed by atoms with van der Waals surface area (Å²) in [6, 6.07) is 14.7. The highest BCUT2D eigenvalue weighted by Gasteiger charge is 2.14. The highest BCUT2D eigenvalue weighted by Crippen LogP contribution is 2.15. The van der Waals surface area contributed by atoms with Crippen LogP contribution in [0, 0.1) is 0 Å². The summed E-state index contributed by atoms with van der Waals surface area (Å²) < 4.78 is 10.2. The Morgan fingerprint density at radius 2 is 1.39 bits per heavy atom. The van der Waals surface area contributed by atoms with Crippen LogP contribution in [0.2, 0.25) is 0 Å². The van der Waals surface area contributed by atoms with E-state index in [2.05, 4.69) is 5.32 Å². The van der Waals surface area contributed by atoms with Gasteiger partial charge < -0.3 is 19.7 Å². The molecule has 0 radical (unpaired) electrons. The topological polar surface area (TPSA) is 71.1 Å². The molecule has 0 fully saturated rings. The van der Waals surface area contributed by atoms with Crippen molar-refractivity contribution < 1.29 is 19.1 Å². The molecule has 0 aromatic heterocycles. The van der Waals surface area contributed by atoms with E-state index in [9.17, 15) is 9.59 Å². The van der Waals surface area contributed by atoms with Gasteiger partial charge in [-0.05, 0) is 49.0 Å². The molecular formula is C21H27N3O4. The number of amides is 2. The second-order valence-corrected chi connectivity index (χ2v) is 6.55. The normalized spacial score (nSPS) is 10.5. The predicted molar refractivity (Wildman–Crippen MR) is 109 cm³/mol. The first kappa shape index (κ1) is 21.2. The lowest BCUT2D eigenvalue weighted by Crippen LogP contribution is -2.39. The van der Waals surface area contributed by atoms with E-state index in [4.69, 9.17) is 9.47 Å². The second-order valence-electron chi connectivity index (χ2n) is 6.55. The molecule has 2 amide bonds. The first-order valence-electron chi connectivity index (χ1n) is 8.90. The van der Waals surface area contributed by atoms with Crippen molar-refractivity contribution in [3.8, 4) is 11.5 Å². The average Bonchev–Trinajstić information content (AvgIpc) is 2.68. The van der Waals surface area contributed by atoms with Gasteiger partial charge in [-0.3, -0.25) is 14.5 Å². The molecule has 0 bridgehead atoms. The minimum atomic E-state index is -0.182. The van der Waals surface area contributed by atoms with E-state index in [1.165, 1.54) is 0 Å². The van der Waals surface area contributed by atoms with Crippen LogP contribution < -0.4 is 14.8 Å². The number of methoxy groups -OCH3 is 2. The van der Waals surface area contributed by atoms with E-state index in [0.29, 0.717) is 12.2 Å². The molecule has 0 unspecified atom stereocenters. The molecule has 2 aromatic rings. The molecule has 1 N–H and O–H groups in total. The third-order valence-electron chi connectivity index (χ3n) is 4.20. The smallest absolute Gasteiger partial charge is 0.238 e. The monoisotopic (exact) mass is 385 g/mol. The van der Waals surface area contributed by atoms with E-state index in [1.807, 2.05) is 24.3 Å². The molecule has 7 heteroatoms. The Balaban J connectivity index is 1.78. The fourth-order valence-electron chi connectivity index (χ4n) is 2.62. The number of ether oxygens (including phenoxy) is 2. The Kier molecular flexibility index (Phi) is 7.83. The first-order chi connectivity index (χ1) is 13.4. The quantitative estimate of drug-likeness (QED) is 0.717. The number of likely N-dealkylation sites (N-methyl/N-ethyl adjacent to an activating group) is 2. The Bertz CT molecular complexity index is 775. The fraction of sp³-hybridized carbons (Fsp3) is 0.333. The van der Waals surface area contributed by atoms with E-state index in [1.54, 1.807) is 62.4 Å². The second kappa shape index (κ2) is 10.3. The molecule has 2 rings (SSSR count). The van der Waals surface area contributed by atoms with E-state index in [0.717, 1.165) is 17.1 Å². The molecule has 0 spiro atoms. The fourth-order valence-corrected chi connectivity index (χ4v) is 2.62. The Morgan fingerprint density at radius 1 is 0.857 bits per heavy atom. The van der Waals surface area contributed by atoms with Crippen LogP contribution in [0.1, 0.15) is 5.56 Å². The molecule has 0 saturated carbocycles. The summed E-state index contributed by atoms with van der Waals surface area (Å²) in [5, 5.41) is 2.80. The third kappa shape index (κ3) is 6.59. The van der Waals surface area contributed by atoms with Crippen molar-refractivity contribution in [3.05, 3.63) is 54.1 Å². The van der Waals surface area contributed by atoms with Gasteiger partial charge in [0.1, 0.15) is 11.5 Å². The number of nitrogens with zero attached hydrogens (tertiary/aromatic N) is 2. The van der Waals surface area contributed by atoms with Crippen LogP contribution in [0.5, 0.6) is 11.5 Å². The number of carbonyl (C=O) groups excluding carboxylic acids is 2. The van der Waals surface area contributed by atoms with Gasteiger partial charge in [0, 0.05) is 19.3 Å². The van der Waals surface area contributed by atoms with E-state index in [-0.39, 0.29) is 24.9 Å². The molecule has 7 nitrogen and oxygen atoms in total. The maximum absolute atomic E-state index is 12.4. The highest BCUT2D eigenvalue weighted by atomic mass is 16.5. The average molecular weight is 385 g/mol. The molecule has 0 aliphatic rings. The maximum Gasteiger partial charge on any atom is 0.238 e. The SMILES string of the molecule is COc1ccc(CN(C)C(=O)CN(C)CC(=O)Nc2ccc(OC)cc2)cc1. The summed E-state index contributed by atoms with van der Waals surface area (Å²) in [4.78, 5) is 27.9. The van der Waals surface area contributed by atoms with Crippen LogP contribution in [0.25, 0.3) is 0 Å². The zero-order chi connectivity index (χ0) is 20.5. The molecular weight excluding hydrogens is 358 g/mol. The van der Waals surface area contributed by atoms with Crippen LogP contribution in [0.3, 0.4) is 0 Å². The van der Waals surface area contributed by atoms with Gasteiger partial charge in [0.25, 0.3) is 0 Å². The predicted octanol–water partition coefficient (Wildman–Crippen LogP) is 2.23. The molecule has 0 aliphatic heterocycles. The van der Waals surface area contributed by atoms with Gasteiger partial charge in [-0.25, -0.2) is 0 Å². The summed E-state index contributed by atoms with van der Waals surface area (Å²) >= 11 is 0. The van der Waals surface area contributed by atoms with Gasteiger partial charge >= 0.3 is 0 Å². The number of nitrogens with one attached hydrogen (secondary N) is 1. The van der Waals surface area contributed by atoms with Gasteiger partial charge in [0.2, 0.25) is 11.8 Å². The van der Waals surface area contributed by atoms with Gasteiger partial charge in [-0.15, -0.1) is 0 Å². The van der Waals surface area contributed by atoms with Crippen molar-refractivity contribution >= 4 is 17.5 Å². The van der Waals surface area contributed by atoms with Crippen molar-refractivity contribution in [1.82, 2.24) is 9.80 Å². The summed E-state index contributed by atoms with van der Waals surface area (Å²) in [7, 11) is 6.70. The van der Waals surface area contributed by atoms with Gasteiger partial charge in [-0.1, -0.05) is 12.1 Å². The number of hydrogen-bond acceptors (Lipinski definition) is 5. The summed E-state index contributed by atoms with van der Waals surface area (Å²) in [5.74, 6) is 1.26. The Hall–Kier alpha value is -3.06. The number of carbonyl (C=O) groups is 2. The highest BCUT2D eigenvalue weighted by molar-refractivity contribution is 5.92. The summed E-state index contributed by atoms with van der Waals surface area (Å²) in [6.07, 6.45) is 0. The van der Waals surface area contributed by atoms with Crippen molar-refractivity contribution in [2.45, 2.75) is 6.54 Å². The lowest BCUT2D eigenvalue weighted by Gasteiger charge is -2.22. The van der Waals surface area contributed by atoms with E-state index < -0.39 is 0 Å². The van der Waals surface area contributed by atoms with Crippen LogP contribution >= 0.6 is 0 Å². The number of anilines is 1. The molecule has 0 aliphatic carbocycles. The number of hydrogen-bond donors (Lipinski definition) is 1. The van der Waals surface area contributed by atoms with Crippen molar-refractivity contribution in [2.24, 2.45) is 0 Å². The Morgan fingerprint density at radius 3 is 1.93 bits per heavy atom. The molecule has 0 atom stereocenters. The molecule has 0 saturated heterocycles. The molecule has 2 aromatic carbocycles. The minimum absolute atomic E-state index is 0.0597. The van der Waals surface area contributed by atoms with Crippen molar-refractivity contribution in [3.63, 3.8) is 0 Å². The number of rotatable bonds is 9. The molecule has 0 heterocycles. The number of benzene rings is 2. The standard InChI is InChI=1S/C21H27N3O4/c1-23(14-20(25)22-17-7-11-19(28-4)12-8-17)15-21(26)24(2)13-16-5-9-18(27-3)10-6-16/h5-12H,13-15H2,1-4H3,(H,22,25). The summed E-state index contributed by atoms with van der Waals surface area (Å²) in [6.45, 7) is 0.769. The van der Waals surface area contributed by atoms with Crippen LogP contribution in [-0.2, 0) is 16.1 Å². The largest absolute Gasteiger partial charge is 0.497 e. The summed E-state index contributed by atoms with van der Waals surface area (Å²) in [5.41, 5.74) is 1.69. The first-order valence-corrected chi connectivity index (χ1v) is 8.90. The Labute approximate surface area is 165 Å². The molecule has 28 heavy (non-hydrogen) atoms. The van der Waals surface area contributed by atoms with Gasteiger partial charge in [0.15, 0.2) is 0 Å². The van der Waals surface area contributed by atoms with Gasteiger partial charge in [-0.2, -0.15) is 0 Å². The van der Waals surface area contributed by atoms with Gasteiger partial charge in [0.05, 0.1) is 27.3 Å². The zero-order valence-corrected chi connectivity index (χ0v) is 16.8. The van der Waals surface area contributed by atoms with Crippen molar-refractivity contribution in [2.75, 3.05) is 46.7 Å². The van der Waals surface area contributed by atoms with Crippen LogP contribution in [0.4, 0.5) is 5.69 Å². The minimum Gasteiger partial charge on any atom is -0.497 e. The molecule has 150 valence electrons. The third-order valence-corrected chi connectivity index (χ3v) is 4.20. The van der Waals surface area contributed by atoms with E-state index >= 15 is 0 Å². The van der Waals surface area contributed by atoms with Crippen LogP contribution in [0.15, 0.2) is 48.5 Å². The zero-order valence-electron chi connectivity index (χ0n) is 16.8. The lowest BCUT2D eigenvalue weighted by atomic mass is 10.2.